The molecule has 0 saturated heterocycles. The van der Waals surface area contributed by atoms with Crippen LogP contribution in [-0.4, -0.2) is 67.4 Å². The molecule has 10 nitrogen and oxygen atoms in total. The summed E-state index contributed by atoms with van der Waals surface area (Å²) in [5, 5.41) is 42.6. The first kappa shape index (κ1) is 29.2. The summed E-state index contributed by atoms with van der Waals surface area (Å²) in [5.74, 6) is 0. The van der Waals surface area contributed by atoms with Crippen LogP contribution < -0.4 is 0 Å². The van der Waals surface area contributed by atoms with E-state index in [0.29, 0.717) is 0 Å². The van der Waals surface area contributed by atoms with E-state index in [0.717, 1.165) is 0 Å². The fourth-order valence-electron chi connectivity index (χ4n) is 0. The fraction of sp³-hybridized carbons (Fsp3) is 0. The summed E-state index contributed by atoms with van der Waals surface area (Å²) in [6.45, 7) is 0. The summed E-state index contributed by atoms with van der Waals surface area (Å²) in [4.78, 5) is 25.4. The molecule has 0 rings (SSSR count). The third kappa shape index (κ3) is 2160. The van der Waals surface area contributed by atoms with Gasteiger partial charge in [-0.25, -0.2) is 9.59 Å². The van der Waals surface area contributed by atoms with Crippen LogP contribution in [0.2, 0.25) is 0 Å². The van der Waals surface area contributed by atoms with Crippen LogP contribution in [-0.2, 0) is 17.1 Å². The molecule has 0 aromatic rings. The normalized spacial score (nSPS) is 5.14. The van der Waals surface area contributed by atoms with Crippen molar-refractivity contribution in [1.82, 2.24) is 0 Å². The zero-order valence-corrected chi connectivity index (χ0v) is 6.52. The van der Waals surface area contributed by atoms with Crippen molar-refractivity contribution in [1.29, 1.82) is 0 Å². The van der Waals surface area contributed by atoms with Gasteiger partial charge in [-0.2, -0.15) is 0 Å². The maximum absolute atomic E-state index is 8.56. The van der Waals surface area contributed by atoms with Gasteiger partial charge in [0.15, 0.2) is 0 Å². The third-order valence-corrected chi connectivity index (χ3v) is 0. The van der Waals surface area contributed by atoms with E-state index in [1.807, 2.05) is 0 Å². The standard InChI is InChI=1S/2CH2O3.Cu.NO3.Na.H/c2*2-1(3)4;;2-1(3)4;;/h2*(H2,2,3,4);;;;/q;;;-1;;. The van der Waals surface area contributed by atoms with E-state index in [2.05, 4.69) is 0 Å². The molecule has 0 aliphatic carbocycles. The van der Waals surface area contributed by atoms with Gasteiger partial charge in [0.2, 0.25) is 0 Å². The third-order valence-electron chi connectivity index (χ3n) is 0. The van der Waals surface area contributed by atoms with Crippen LogP contribution in [0.5, 0.6) is 0 Å². The topological polar surface area (TPSA) is 181 Å². The van der Waals surface area contributed by atoms with Crippen LogP contribution in [0.25, 0.3) is 0 Å². The molecule has 0 heterocycles. The summed E-state index contributed by atoms with van der Waals surface area (Å²) >= 11 is 0. The molecule has 0 aromatic heterocycles. The SMILES string of the molecule is O=C(O)O.O=C(O)O.O=[N+]([O-])[O-].[Cu].[NaH]. The van der Waals surface area contributed by atoms with Gasteiger partial charge in [-0.3, -0.25) is 0 Å². The van der Waals surface area contributed by atoms with Crippen LogP contribution >= 0.6 is 0 Å². The Hall–Kier alpha value is -0.741. The number of hydrogen-bond acceptors (Lipinski definition) is 5. The second-order valence-electron chi connectivity index (χ2n) is 0.789. The monoisotopic (exact) mass is 273 g/mol. The molecule has 0 saturated carbocycles. The quantitative estimate of drug-likeness (QED) is 0.258. The van der Waals surface area contributed by atoms with Gasteiger partial charge in [-0.05, 0) is 0 Å². The van der Waals surface area contributed by atoms with Crippen LogP contribution in [0.1, 0.15) is 0 Å². The van der Waals surface area contributed by atoms with Gasteiger partial charge in [0, 0.05) is 17.1 Å². The van der Waals surface area contributed by atoms with E-state index >= 15 is 0 Å². The van der Waals surface area contributed by atoms with Gasteiger partial charge < -0.3 is 35.7 Å². The molecule has 4 N–H and O–H groups in total. The Labute approximate surface area is 109 Å². The minimum atomic E-state index is -1.83. The summed E-state index contributed by atoms with van der Waals surface area (Å²) in [7, 11) is 0. The predicted molar refractivity (Wildman–Crippen MR) is 38.8 cm³/mol. The molecule has 0 fully saturated rings. The van der Waals surface area contributed by atoms with Gasteiger partial charge in [-0.1, -0.05) is 0 Å². The van der Waals surface area contributed by atoms with Crippen LogP contribution in [0, 0.1) is 15.3 Å². The Balaban J connectivity index is -0.0000000270. The number of hydrogen-bond donors (Lipinski definition) is 4. The van der Waals surface area contributed by atoms with Crippen LogP contribution in [0.3, 0.4) is 0 Å². The molecule has 0 unspecified atom stereocenters. The fourth-order valence-corrected chi connectivity index (χ4v) is 0. The number of carboxylic acid groups (broad SMARTS) is 4. The maximum atomic E-state index is 8.56. The first-order valence-electron chi connectivity index (χ1n) is 1.85. The molecular formula is C2H5CuNNaO9-. The Morgan fingerprint density at radius 1 is 0.929 bits per heavy atom. The van der Waals surface area contributed by atoms with Crippen molar-refractivity contribution in [3.63, 3.8) is 0 Å². The Kier molecular flexibility index (Phi) is 47.5. The Morgan fingerprint density at radius 3 is 0.929 bits per heavy atom. The number of carbonyl (C=O) groups is 2. The van der Waals surface area contributed by atoms with Gasteiger partial charge in [0.1, 0.15) is 0 Å². The van der Waals surface area contributed by atoms with Crippen molar-refractivity contribution in [3.05, 3.63) is 15.3 Å². The first-order chi connectivity index (χ1) is 5.20. The van der Waals surface area contributed by atoms with Crippen molar-refractivity contribution in [2.45, 2.75) is 0 Å². The van der Waals surface area contributed by atoms with Crippen LogP contribution in [0.4, 0.5) is 9.59 Å². The summed E-state index contributed by atoms with van der Waals surface area (Å²) in [6, 6.07) is 0. The van der Waals surface area contributed by atoms with Gasteiger partial charge in [-0.15, -0.1) is 0 Å². The van der Waals surface area contributed by atoms with Gasteiger partial charge in [0.25, 0.3) is 0 Å². The van der Waals surface area contributed by atoms with Crippen molar-refractivity contribution in [3.8, 4) is 0 Å². The molecule has 0 spiro atoms. The van der Waals surface area contributed by atoms with Gasteiger partial charge >= 0.3 is 41.9 Å². The Morgan fingerprint density at radius 2 is 0.929 bits per heavy atom. The number of nitrogens with zero attached hydrogens (tertiary/aromatic N) is 1. The molecule has 0 amide bonds. The van der Waals surface area contributed by atoms with Crippen molar-refractivity contribution < 1.29 is 52.2 Å². The van der Waals surface area contributed by atoms with E-state index in [4.69, 9.17) is 45.3 Å². The first-order valence-corrected chi connectivity index (χ1v) is 1.85. The average Bonchev–Trinajstić information content (AvgIpc) is 1.54. The molecule has 0 bridgehead atoms. The van der Waals surface area contributed by atoms with E-state index in [1.54, 1.807) is 0 Å². The van der Waals surface area contributed by atoms with Crippen molar-refractivity contribution >= 4 is 41.9 Å². The van der Waals surface area contributed by atoms with E-state index in [1.165, 1.54) is 0 Å². The minimum absolute atomic E-state index is 0. The molecular weight excluding hydrogens is 269 g/mol. The molecule has 0 atom stereocenters. The second-order valence-corrected chi connectivity index (χ2v) is 0.789. The zero-order chi connectivity index (χ0) is 10.7. The van der Waals surface area contributed by atoms with Gasteiger partial charge in [0.05, 0.1) is 5.09 Å². The predicted octanol–water partition coefficient (Wildman–Crippen LogP) is -0.445. The second kappa shape index (κ2) is 22.8. The Bertz CT molecular complexity index is 120. The van der Waals surface area contributed by atoms with E-state index in [-0.39, 0.29) is 46.6 Å². The summed E-state index contributed by atoms with van der Waals surface area (Å²) in [6.07, 6.45) is -3.67. The van der Waals surface area contributed by atoms with E-state index in [9.17, 15) is 0 Å². The molecule has 0 aliphatic heterocycles. The molecule has 12 heteroatoms. The number of rotatable bonds is 0. The van der Waals surface area contributed by atoms with Crippen molar-refractivity contribution in [2.24, 2.45) is 0 Å². The summed E-state index contributed by atoms with van der Waals surface area (Å²) in [5.41, 5.74) is 0. The molecule has 0 aliphatic rings. The summed E-state index contributed by atoms with van der Waals surface area (Å²) < 4.78 is 0. The van der Waals surface area contributed by atoms with Crippen LogP contribution in [0.15, 0.2) is 0 Å². The molecule has 1 radical (unpaired) electrons. The molecule has 0 aromatic carbocycles. The van der Waals surface area contributed by atoms with Crippen molar-refractivity contribution in [2.75, 3.05) is 0 Å². The molecule has 85 valence electrons. The zero-order valence-electron chi connectivity index (χ0n) is 5.58. The van der Waals surface area contributed by atoms with E-state index < -0.39 is 17.4 Å². The average molecular weight is 274 g/mol. The molecule has 14 heavy (non-hydrogen) atoms.